The van der Waals surface area contributed by atoms with Gasteiger partial charge in [-0.25, -0.2) is 0 Å². The van der Waals surface area contributed by atoms with Crippen molar-refractivity contribution in [1.82, 2.24) is 15.5 Å². The molecule has 9 atom stereocenters. The van der Waals surface area contributed by atoms with E-state index in [2.05, 4.69) is 10.6 Å². The number of nitrogens with zero attached hydrogens (tertiary/aromatic N) is 1. The molecule has 5 rings (SSSR count). The molecule has 0 spiro atoms. The van der Waals surface area contributed by atoms with Crippen molar-refractivity contribution in [2.45, 2.75) is 101 Å². The molecule has 8 N–H and O–H groups in total. The van der Waals surface area contributed by atoms with Crippen LogP contribution in [0.3, 0.4) is 0 Å². The number of nitrogens with two attached hydrogens (primary N) is 2. The Morgan fingerprint density at radius 1 is 1.06 bits per heavy atom. The first-order valence-corrected chi connectivity index (χ1v) is 18.8. The third kappa shape index (κ3) is 7.53. The van der Waals surface area contributed by atoms with Crippen molar-refractivity contribution < 1.29 is 48.5 Å². The molecule has 0 saturated heterocycles. The number of fused-ring (bicyclic) bond motifs is 3. The molecule has 0 aliphatic heterocycles. The number of phenols is 1. The molecule has 2 amide bonds. The minimum Gasteiger partial charge on any atom is -0.507 e. The Kier molecular flexibility index (Phi) is 12.5. The third-order valence-electron chi connectivity index (χ3n) is 11.9. The molecule has 4 unspecified atom stereocenters. The fourth-order valence-electron chi connectivity index (χ4n) is 9.26. The predicted octanol–water partition coefficient (Wildman–Crippen LogP) is 0.471. The number of phenolic OH excluding ortho intramolecular Hbond substituents is 1. The summed E-state index contributed by atoms with van der Waals surface area (Å²) in [5.41, 5.74) is 8.16. The number of hydrogen-bond donors (Lipinski definition) is 6. The van der Waals surface area contributed by atoms with Gasteiger partial charge in [-0.1, -0.05) is 51.2 Å². The van der Waals surface area contributed by atoms with Crippen LogP contribution in [-0.4, -0.2) is 107 Å². The number of carbonyl (C=O) groups is 7. The van der Waals surface area contributed by atoms with E-state index in [1.807, 2.05) is 0 Å². The zero-order chi connectivity index (χ0) is 38.8. The number of esters is 1. The van der Waals surface area contributed by atoms with E-state index < -0.39 is 94.3 Å². The lowest BCUT2D eigenvalue weighted by molar-refractivity contribution is -0.206. The molecular formula is C38H53N5O10. The number of aromatic hydroxyl groups is 1. The van der Waals surface area contributed by atoms with Crippen LogP contribution >= 0.6 is 0 Å². The number of aliphatic hydroxyl groups is 1. The summed E-state index contributed by atoms with van der Waals surface area (Å²) in [7, 11) is 3.01. The van der Waals surface area contributed by atoms with Crippen molar-refractivity contribution in [3.05, 3.63) is 29.3 Å². The molecule has 290 valence electrons. The number of carbonyl (C=O) groups excluding carboxylic acids is 7. The largest absolute Gasteiger partial charge is 0.507 e. The van der Waals surface area contributed by atoms with Gasteiger partial charge in [0.05, 0.1) is 36.2 Å². The number of primary amides is 1. The first-order chi connectivity index (χ1) is 25.2. The van der Waals surface area contributed by atoms with Crippen LogP contribution in [0.4, 0.5) is 0 Å². The number of ether oxygens (including phenoxy) is 1. The molecule has 15 heteroatoms. The number of ketones is 4. The zero-order valence-electron chi connectivity index (χ0n) is 30.7. The summed E-state index contributed by atoms with van der Waals surface area (Å²) < 4.78 is 6.06. The number of rotatable bonds is 15. The van der Waals surface area contributed by atoms with Gasteiger partial charge in [-0.05, 0) is 69.8 Å². The van der Waals surface area contributed by atoms with Gasteiger partial charge < -0.3 is 31.7 Å². The lowest BCUT2D eigenvalue weighted by Gasteiger charge is -2.57. The SMILES string of the molecule is CCC(=O)O[C@H]1[C@H]2C(C(=O)c3c(O)cccc3[C@@H]2CCC2CCCC2)C(=O)[C@]2(O)C(=O)C(C(=O)NCNCCCCC(N)C(N)=O)C(=O)C(N(C)C)[C@H]12. The van der Waals surface area contributed by atoms with Crippen LogP contribution in [0.15, 0.2) is 18.2 Å². The van der Waals surface area contributed by atoms with Gasteiger partial charge in [-0.3, -0.25) is 43.8 Å². The van der Waals surface area contributed by atoms with E-state index in [1.54, 1.807) is 19.1 Å². The molecule has 4 aliphatic rings. The summed E-state index contributed by atoms with van der Waals surface area (Å²) >= 11 is 0. The Balaban J connectivity index is 1.50. The maximum absolute atomic E-state index is 14.8. The smallest absolute Gasteiger partial charge is 0.305 e. The Hall–Kier alpha value is -4.05. The van der Waals surface area contributed by atoms with Crippen LogP contribution < -0.4 is 22.1 Å². The summed E-state index contributed by atoms with van der Waals surface area (Å²) in [5, 5.41) is 29.0. The lowest BCUT2D eigenvalue weighted by Crippen LogP contribution is -2.78. The van der Waals surface area contributed by atoms with Gasteiger partial charge in [0.2, 0.25) is 11.8 Å². The summed E-state index contributed by atoms with van der Waals surface area (Å²) in [6.07, 6.45) is 5.41. The van der Waals surface area contributed by atoms with Crippen LogP contribution in [0, 0.1) is 29.6 Å². The van der Waals surface area contributed by atoms with Crippen molar-refractivity contribution in [3.8, 4) is 5.75 Å². The predicted molar refractivity (Wildman–Crippen MR) is 190 cm³/mol. The molecular weight excluding hydrogens is 686 g/mol. The minimum absolute atomic E-state index is 0.0818. The van der Waals surface area contributed by atoms with Crippen LogP contribution in [0.2, 0.25) is 0 Å². The van der Waals surface area contributed by atoms with Crippen LogP contribution in [0.5, 0.6) is 5.75 Å². The Bertz CT molecular complexity index is 1630. The summed E-state index contributed by atoms with van der Waals surface area (Å²) in [6.45, 7) is 1.77. The number of likely N-dealkylation sites (N-methyl/N-ethyl adjacent to an activating group) is 1. The van der Waals surface area contributed by atoms with E-state index in [1.165, 1.54) is 25.1 Å². The monoisotopic (exact) mass is 739 g/mol. The average molecular weight is 740 g/mol. The van der Waals surface area contributed by atoms with E-state index in [-0.39, 0.29) is 24.4 Å². The normalized spacial score (nSPS) is 30.4. The third-order valence-corrected chi connectivity index (χ3v) is 11.9. The van der Waals surface area contributed by atoms with Gasteiger partial charge in [0.15, 0.2) is 34.7 Å². The van der Waals surface area contributed by atoms with Gasteiger partial charge in [0, 0.05) is 12.3 Å². The van der Waals surface area contributed by atoms with Gasteiger partial charge >= 0.3 is 5.97 Å². The second-order valence-electron chi connectivity index (χ2n) is 15.3. The maximum Gasteiger partial charge on any atom is 0.305 e. The van der Waals surface area contributed by atoms with E-state index in [0.29, 0.717) is 43.7 Å². The van der Waals surface area contributed by atoms with Gasteiger partial charge in [-0.2, -0.15) is 0 Å². The highest BCUT2D eigenvalue weighted by molar-refractivity contribution is 6.32. The van der Waals surface area contributed by atoms with Crippen molar-refractivity contribution in [1.29, 1.82) is 0 Å². The second-order valence-corrected chi connectivity index (χ2v) is 15.3. The molecule has 0 heterocycles. The standard InChI is InChI=1S/C38H53N5O10/c1-4-24(45)53-33-26-21(16-15-19-10-5-6-11-19)20-12-9-14-23(44)25(20)31(46)27(26)34(48)38(52)29(33)30(43(2)3)32(47)28(35(38)49)37(51)42-18-41-17-8-7-13-22(39)36(40)50/h9,12,14,19,21-22,26-30,33,41,44,52H,4-8,10-11,13,15-18,39H2,1-3H3,(H2,40,50)(H,42,51)/t21-,22?,26+,27?,28?,29+,30?,33-,38-/m0/s1. The van der Waals surface area contributed by atoms with Crippen LogP contribution in [0.1, 0.15) is 93.0 Å². The maximum atomic E-state index is 14.8. The summed E-state index contributed by atoms with van der Waals surface area (Å²) in [6, 6.07) is 2.43. The number of Topliss-reactive ketones (excluding diaryl/α,β-unsaturated/α-hetero) is 4. The Labute approximate surface area is 308 Å². The average Bonchev–Trinajstić information content (AvgIpc) is 3.64. The topological polar surface area (TPSA) is 249 Å². The van der Waals surface area contributed by atoms with Crippen molar-refractivity contribution in [2.24, 2.45) is 41.1 Å². The molecule has 3 fully saturated rings. The van der Waals surface area contributed by atoms with Crippen molar-refractivity contribution in [3.63, 3.8) is 0 Å². The quantitative estimate of drug-likeness (QED) is 0.0621. The molecule has 1 aromatic carbocycles. The van der Waals surface area contributed by atoms with E-state index in [9.17, 15) is 43.8 Å². The number of amides is 2. The molecule has 1 aromatic rings. The summed E-state index contributed by atoms with van der Waals surface area (Å²) in [5.74, 6) is -13.7. The Morgan fingerprint density at radius 3 is 2.40 bits per heavy atom. The van der Waals surface area contributed by atoms with Crippen molar-refractivity contribution in [2.75, 3.05) is 27.3 Å². The Morgan fingerprint density at radius 2 is 1.75 bits per heavy atom. The number of nitrogens with one attached hydrogen (secondary N) is 2. The van der Waals surface area contributed by atoms with Crippen LogP contribution in [-0.2, 0) is 33.5 Å². The van der Waals surface area contributed by atoms with Crippen LogP contribution in [0.25, 0.3) is 0 Å². The molecule has 0 aromatic heterocycles. The number of hydrogen-bond acceptors (Lipinski definition) is 13. The highest BCUT2D eigenvalue weighted by atomic mass is 16.5. The molecule has 4 aliphatic carbocycles. The van der Waals surface area contributed by atoms with Gasteiger partial charge in [-0.15, -0.1) is 0 Å². The molecule has 53 heavy (non-hydrogen) atoms. The molecule has 3 saturated carbocycles. The van der Waals surface area contributed by atoms with Gasteiger partial charge in [0.1, 0.15) is 11.9 Å². The van der Waals surface area contributed by atoms with Gasteiger partial charge in [0.25, 0.3) is 0 Å². The van der Waals surface area contributed by atoms with Crippen molar-refractivity contribution >= 4 is 40.9 Å². The fraction of sp³-hybridized carbons (Fsp3) is 0.658. The number of unbranched alkanes of at least 4 members (excludes halogenated alkanes) is 1. The van der Waals surface area contributed by atoms with E-state index >= 15 is 0 Å². The molecule has 0 bridgehead atoms. The second kappa shape index (κ2) is 16.5. The fourth-order valence-corrected chi connectivity index (χ4v) is 9.26. The lowest BCUT2D eigenvalue weighted by atomic mass is 9.48. The number of benzene rings is 1. The minimum atomic E-state index is -3.06. The summed E-state index contributed by atoms with van der Waals surface area (Å²) in [4.78, 5) is 97.3. The first-order valence-electron chi connectivity index (χ1n) is 18.8. The first kappa shape index (κ1) is 40.1. The highest BCUT2D eigenvalue weighted by Gasteiger charge is 2.74. The molecule has 15 nitrogen and oxygen atoms in total. The highest BCUT2D eigenvalue weighted by Crippen LogP contribution is 2.57. The van der Waals surface area contributed by atoms with E-state index in [0.717, 1.165) is 32.1 Å². The zero-order valence-corrected chi connectivity index (χ0v) is 30.7. The molecule has 0 radical (unpaired) electrons. The van der Waals surface area contributed by atoms with E-state index in [4.69, 9.17) is 16.2 Å².